The van der Waals surface area contributed by atoms with Crippen LogP contribution in [-0.4, -0.2) is 33.8 Å². The molecule has 0 saturated carbocycles. The average molecular weight is 277 g/mol. The van der Waals surface area contributed by atoms with Gasteiger partial charge in [0.25, 0.3) is 0 Å². The highest BCUT2D eigenvalue weighted by molar-refractivity contribution is 5.31. The van der Waals surface area contributed by atoms with E-state index in [2.05, 4.69) is 10.3 Å². The van der Waals surface area contributed by atoms with E-state index < -0.39 is 0 Å². The molecule has 6 heteroatoms. The van der Waals surface area contributed by atoms with Crippen LogP contribution in [0.5, 0.6) is 11.5 Å². The molecule has 108 valence electrons. The zero-order chi connectivity index (χ0) is 14.4. The predicted molar refractivity (Wildman–Crippen MR) is 73.7 cm³/mol. The minimum atomic E-state index is -0.0808. The van der Waals surface area contributed by atoms with Gasteiger partial charge in [0.05, 0.1) is 26.0 Å². The zero-order valence-corrected chi connectivity index (χ0v) is 11.7. The van der Waals surface area contributed by atoms with E-state index in [1.165, 1.54) is 0 Å². The van der Waals surface area contributed by atoms with Gasteiger partial charge in [-0.25, -0.2) is 0 Å². The second-order valence-corrected chi connectivity index (χ2v) is 4.39. The minimum Gasteiger partial charge on any atom is -0.497 e. The number of aryl methyl sites for hydroxylation is 1. The Morgan fingerprint density at radius 3 is 2.55 bits per heavy atom. The number of benzene rings is 1. The van der Waals surface area contributed by atoms with Crippen LogP contribution >= 0.6 is 0 Å². The van der Waals surface area contributed by atoms with E-state index in [1.807, 2.05) is 31.3 Å². The van der Waals surface area contributed by atoms with Gasteiger partial charge in [-0.1, -0.05) is 5.21 Å². The van der Waals surface area contributed by atoms with E-state index in [0.29, 0.717) is 12.3 Å². The fourth-order valence-electron chi connectivity index (χ4n) is 1.95. The van der Waals surface area contributed by atoms with Crippen LogP contribution in [0.1, 0.15) is 17.8 Å². The molecule has 0 aliphatic rings. The van der Waals surface area contributed by atoms with Gasteiger partial charge in [-0.3, -0.25) is 4.68 Å². The van der Waals surface area contributed by atoms with E-state index in [-0.39, 0.29) is 6.61 Å². The van der Waals surface area contributed by atoms with E-state index in [0.717, 1.165) is 30.0 Å². The normalized spacial score (nSPS) is 10.6. The lowest BCUT2D eigenvalue weighted by Gasteiger charge is -2.07. The zero-order valence-electron chi connectivity index (χ0n) is 11.7. The highest BCUT2D eigenvalue weighted by atomic mass is 16.5. The van der Waals surface area contributed by atoms with Gasteiger partial charge in [0.1, 0.15) is 17.2 Å². The number of nitrogens with zero attached hydrogens (tertiary/aromatic N) is 3. The van der Waals surface area contributed by atoms with Crippen molar-refractivity contribution < 1.29 is 14.6 Å². The van der Waals surface area contributed by atoms with E-state index in [1.54, 1.807) is 11.8 Å². The maximum Gasteiger partial charge on any atom is 0.119 e. The monoisotopic (exact) mass is 277 g/mol. The molecule has 2 rings (SSSR count). The molecule has 0 aliphatic carbocycles. The number of rotatable bonds is 7. The second kappa shape index (κ2) is 6.91. The van der Waals surface area contributed by atoms with Crippen LogP contribution < -0.4 is 9.47 Å². The summed E-state index contributed by atoms with van der Waals surface area (Å²) in [5.74, 6) is 1.63. The summed E-state index contributed by atoms with van der Waals surface area (Å²) in [5.41, 5.74) is 1.59. The molecule has 0 radical (unpaired) electrons. The maximum absolute atomic E-state index is 9.16. The van der Waals surface area contributed by atoms with E-state index in [4.69, 9.17) is 14.6 Å². The van der Waals surface area contributed by atoms with Gasteiger partial charge in [0, 0.05) is 7.05 Å². The van der Waals surface area contributed by atoms with E-state index >= 15 is 0 Å². The fraction of sp³-hybridized carbons (Fsp3) is 0.429. The molecule has 1 aromatic carbocycles. The molecule has 0 bridgehead atoms. The van der Waals surface area contributed by atoms with Crippen molar-refractivity contribution in [3.8, 4) is 11.5 Å². The van der Waals surface area contributed by atoms with E-state index in [9.17, 15) is 0 Å². The Kier molecular flexibility index (Phi) is 4.95. The van der Waals surface area contributed by atoms with Gasteiger partial charge in [-0.2, -0.15) is 0 Å². The Morgan fingerprint density at radius 2 is 1.90 bits per heavy atom. The predicted octanol–water partition coefficient (Wildman–Crippen LogP) is 1.33. The van der Waals surface area contributed by atoms with Gasteiger partial charge in [0.15, 0.2) is 0 Å². The molecule has 0 atom stereocenters. The lowest BCUT2D eigenvalue weighted by Crippen LogP contribution is -2.05. The van der Waals surface area contributed by atoms with Gasteiger partial charge in [0.2, 0.25) is 0 Å². The Bertz CT molecular complexity index is 537. The Labute approximate surface area is 117 Å². The van der Waals surface area contributed by atoms with Crippen LogP contribution in [-0.2, 0) is 20.1 Å². The van der Waals surface area contributed by atoms with Crippen molar-refractivity contribution in [2.24, 2.45) is 7.05 Å². The highest BCUT2D eigenvalue weighted by Crippen LogP contribution is 2.17. The second-order valence-electron chi connectivity index (χ2n) is 4.39. The van der Waals surface area contributed by atoms with Crippen molar-refractivity contribution in [3.63, 3.8) is 0 Å². The minimum absolute atomic E-state index is 0.0808. The molecule has 1 aromatic heterocycles. The third-order valence-electron chi connectivity index (χ3n) is 3.06. The Balaban J connectivity index is 1.79. The first kappa shape index (κ1) is 14.3. The van der Waals surface area contributed by atoms with Crippen LogP contribution in [0.4, 0.5) is 0 Å². The summed E-state index contributed by atoms with van der Waals surface area (Å²) in [4.78, 5) is 0. The van der Waals surface area contributed by atoms with Crippen molar-refractivity contribution in [2.75, 3.05) is 13.7 Å². The number of hydrogen-bond acceptors (Lipinski definition) is 5. The number of aliphatic hydroxyl groups is 1. The smallest absolute Gasteiger partial charge is 0.119 e. The van der Waals surface area contributed by atoms with Gasteiger partial charge >= 0.3 is 0 Å². The van der Waals surface area contributed by atoms with Crippen molar-refractivity contribution in [1.29, 1.82) is 0 Å². The molecule has 1 heterocycles. The number of ether oxygens (including phenoxy) is 2. The molecule has 2 aromatic rings. The third kappa shape index (κ3) is 3.48. The molecule has 20 heavy (non-hydrogen) atoms. The lowest BCUT2D eigenvalue weighted by atomic mass is 10.2. The van der Waals surface area contributed by atoms with Gasteiger partial charge in [-0.15, -0.1) is 5.10 Å². The van der Waals surface area contributed by atoms with Gasteiger partial charge in [-0.05, 0) is 37.1 Å². The van der Waals surface area contributed by atoms with Crippen molar-refractivity contribution in [1.82, 2.24) is 15.0 Å². The van der Waals surface area contributed by atoms with Gasteiger partial charge < -0.3 is 14.6 Å². The molecule has 1 N–H and O–H groups in total. The number of aliphatic hydroxyl groups excluding tert-OH is 1. The summed E-state index contributed by atoms with van der Waals surface area (Å²) in [6, 6.07) is 7.49. The molecular weight excluding hydrogens is 258 g/mol. The van der Waals surface area contributed by atoms with Crippen LogP contribution in [0.25, 0.3) is 0 Å². The molecule has 0 unspecified atom stereocenters. The number of methoxy groups -OCH3 is 1. The molecule has 0 spiro atoms. The SMILES string of the molecule is COc1ccc(OCCCc2c(CO)nnn2C)cc1. The number of hydrogen-bond donors (Lipinski definition) is 1. The quantitative estimate of drug-likeness (QED) is 0.773. The lowest BCUT2D eigenvalue weighted by molar-refractivity contribution is 0.274. The first-order chi connectivity index (χ1) is 9.74. The van der Waals surface area contributed by atoms with Crippen LogP contribution in [0, 0.1) is 0 Å². The molecule has 0 aliphatic heterocycles. The summed E-state index contributed by atoms with van der Waals surface area (Å²) in [5, 5.41) is 17.0. The van der Waals surface area contributed by atoms with Crippen molar-refractivity contribution in [3.05, 3.63) is 35.7 Å². The fourth-order valence-corrected chi connectivity index (χ4v) is 1.95. The van der Waals surface area contributed by atoms with Crippen LogP contribution in [0.3, 0.4) is 0 Å². The van der Waals surface area contributed by atoms with Crippen molar-refractivity contribution in [2.45, 2.75) is 19.4 Å². The average Bonchev–Trinajstić information content (AvgIpc) is 2.84. The summed E-state index contributed by atoms with van der Waals surface area (Å²) >= 11 is 0. The Hall–Kier alpha value is -2.08. The largest absolute Gasteiger partial charge is 0.497 e. The highest BCUT2D eigenvalue weighted by Gasteiger charge is 2.09. The first-order valence-electron chi connectivity index (χ1n) is 6.49. The number of aromatic nitrogens is 3. The maximum atomic E-state index is 9.16. The van der Waals surface area contributed by atoms with Crippen LogP contribution in [0.2, 0.25) is 0 Å². The summed E-state index contributed by atoms with van der Waals surface area (Å²) in [6.45, 7) is 0.519. The Morgan fingerprint density at radius 1 is 1.20 bits per heavy atom. The van der Waals surface area contributed by atoms with Crippen LogP contribution in [0.15, 0.2) is 24.3 Å². The molecule has 6 nitrogen and oxygen atoms in total. The molecule has 0 amide bonds. The molecule has 0 fully saturated rings. The summed E-state index contributed by atoms with van der Waals surface area (Å²) < 4.78 is 12.4. The standard InChI is InChI=1S/C14H19N3O3/c1-17-14(13(10-18)15-16-17)4-3-9-20-12-7-5-11(19-2)6-8-12/h5-8,18H,3-4,9-10H2,1-2H3. The molecule has 0 saturated heterocycles. The summed E-state index contributed by atoms with van der Waals surface area (Å²) in [6.07, 6.45) is 1.61. The van der Waals surface area contributed by atoms with Crippen molar-refractivity contribution >= 4 is 0 Å². The topological polar surface area (TPSA) is 69.4 Å². The first-order valence-corrected chi connectivity index (χ1v) is 6.49. The third-order valence-corrected chi connectivity index (χ3v) is 3.06. The molecular formula is C14H19N3O3. The summed E-state index contributed by atoms with van der Waals surface area (Å²) in [7, 11) is 3.46.